The van der Waals surface area contributed by atoms with Gasteiger partial charge in [0.05, 0.1) is 7.11 Å². The molecule has 0 aliphatic heterocycles. The molecule has 0 saturated heterocycles. The molecule has 0 bridgehead atoms. The second-order valence-corrected chi connectivity index (χ2v) is 6.29. The number of aromatic amines is 1. The number of anilines is 1. The minimum atomic E-state index is -0.191. The number of nitrogens with one attached hydrogen (secondary N) is 2. The molecule has 1 aromatic carbocycles. The Balaban J connectivity index is 1.84. The number of hydrogen-bond acceptors (Lipinski definition) is 5. The molecular formula is C16H16N4O2S. The van der Waals surface area contributed by atoms with Gasteiger partial charge in [-0.05, 0) is 32.0 Å². The Bertz CT molecular complexity index is 853. The van der Waals surface area contributed by atoms with Crippen LogP contribution in [0.2, 0.25) is 0 Å². The van der Waals surface area contributed by atoms with Crippen LogP contribution >= 0.6 is 11.3 Å². The van der Waals surface area contributed by atoms with Crippen molar-refractivity contribution in [2.75, 3.05) is 12.4 Å². The number of aromatic nitrogens is 3. The number of aryl methyl sites for hydroxylation is 2. The smallest absolute Gasteiger partial charge is 0.269 e. The number of methoxy groups -OCH3 is 1. The highest BCUT2D eigenvalue weighted by Gasteiger charge is 2.16. The summed E-state index contributed by atoms with van der Waals surface area (Å²) in [6, 6.07) is 9.27. The third kappa shape index (κ3) is 3.24. The van der Waals surface area contributed by atoms with E-state index in [1.165, 1.54) is 11.3 Å². The molecule has 0 aliphatic carbocycles. The van der Waals surface area contributed by atoms with Crippen LogP contribution in [0.4, 0.5) is 5.69 Å². The predicted molar refractivity (Wildman–Crippen MR) is 90.1 cm³/mol. The van der Waals surface area contributed by atoms with Crippen LogP contribution in [0.5, 0.6) is 5.75 Å². The van der Waals surface area contributed by atoms with Gasteiger partial charge in [0, 0.05) is 16.1 Å². The summed E-state index contributed by atoms with van der Waals surface area (Å²) >= 11 is 1.40. The Morgan fingerprint density at radius 2 is 2.13 bits per heavy atom. The average molecular weight is 328 g/mol. The Morgan fingerprint density at radius 1 is 1.30 bits per heavy atom. The number of hydrogen-bond donors (Lipinski definition) is 2. The van der Waals surface area contributed by atoms with Gasteiger partial charge < -0.3 is 10.1 Å². The van der Waals surface area contributed by atoms with Crippen molar-refractivity contribution < 1.29 is 9.53 Å². The van der Waals surface area contributed by atoms with Gasteiger partial charge in [0.25, 0.3) is 5.91 Å². The van der Waals surface area contributed by atoms with Crippen molar-refractivity contribution in [1.82, 2.24) is 15.2 Å². The van der Waals surface area contributed by atoms with Gasteiger partial charge in [0.15, 0.2) is 5.82 Å². The summed E-state index contributed by atoms with van der Waals surface area (Å²) in [5.74, 6) is 1.74. The normalized spacial score (nSPS) is 10.6. The number of H-pyrrole nitrogens is 1. The number of ether oxygens (including phenoxy) is 1. The van der Waals surface area contributed by atoms with Crippen molar-refractivity contribution in [1.29, 1.82) is 0 Å². The fourth-order valence-corrected chi connectivity index (χ4v) is 3.07. The van der Waals surface area contributed by atoms with Gasteiger partial charge in [0.2, 0.25) is 0 Å². The van der Waals surface area contributed by atoms with E-state index >= 15 is 0 Å². The molecule has 2 heterocycles. The summed E-state index contributed by atoms with van der Waals surface area (Å²) in [6.07, 6.45) is 0. The minimum absolute atomic E-state index is 0.191. The second kappa shape index (κ2) is 6.21. The van der Waals surface area contributed by atoms with Gasteiger partial charge in [0.1, 0.15) is 16.5 Å². The van der Waals surface area contributed by atoms with Crippen molar-refractivity contribution >= 4 is 22.9 Å². The van der Waals surface area contributed by atoms with Crippen molar-refractivity contribution in [2.45, 2.75) is 13.8 Å². The molecule has 23 heavy (non-hydrogen) atoms. The number of carbonyl (C=O) groups is 1. The highest BCUT2D eigenvalue weighted by atomic mass is 32.1. The van der Waals surface area contributed by atoms with E-state index in [2.05, 4.69) is 20.5 Å². The molecule has 2 aromatic heterocycles. The molecule has 3 rings (SSSR count). The molecule has 0 spiro atoms. The largest absolute Gasteiger partial charge is 0.495 e. The molecule has 0 unspecified atom stereocenters. The van der Waals surface area contributed by atoms with E-state index in [-0.39, 0.29) is 5.91 Å². The predicted octanol–water partition coefficient (Wildman–Crippen LogP) is 3.41. The number of carbonyl (C=O) groups excluding carboxylic acids is 1. The lowest BCUT2D eigenvalue weighted by Crippen LogP contribution is -2.11. The van der Waals surface area contributed by atoms with E-state index in [1.807, 2.05) is 44.2 Å². The standard InChI is InChI=1S/C16H16N4O2S/c1-9-7-13(22-3)14(23-9)16(21)18-12-6-4-5-11(8-12)15-17-10(2)19-20-15/h4-8H,1-3H3,(H,18,21)(H,17,19,20). The van der Waals surface area contributed by atoms with E-state index in [4.69, 9.17) is 4.74 Å². The summed E-state index contributed by atoms with van der Waals surface area (Å²) in [4.78, 5) is 18.3. The van der Waals surface area contributed by atoms with Gasteiger partial charge in [-0.3, -0.25) is 9.89 Å². The number of thiophene rings is 1. The van der Waals surface area contributed by atoms with E-state index in [0.29, 0.717) is 22.1 Å². The summed E-state index contributed by atoms with van der Waals surface area (Å²) in [6.45, 7) is 3.78. The first-order valence-corrected chi connectivity index (χ1v) is 7.83. The van der Waals surface area contributed by atoms with E-state index in [0.717, 1.165) is 16.3 Å². The van der Waals surface area contributed by atoms with Gasteiger partial charge in [-0.15, -0.1) is 11.3 Å². The van der Waals surface area contributed by atoms with Crippen LogP contribution in [0.25, 0.3) is 11.4 Å². The first-order chi connectivity index (χ1) is 11.1. The van der Waals surface area contributed by atoms with Crippen LogP contribution in [0.1, 0.15) is 20.4 Å². The minimum Gasteiger partial charge on any atom is -0.495 e. The second-order valence-electron chi connectivity index (χ2n) is 5.03. The lowest BCUT2D eigenvalue weighted by molar-refractivity contribution is 0.102. The quantitative estimate of drug-likeness (QED) is 0.769. The lowest BCUT2D eigenvalue weighted by Gasteiger charge is -2.06. The summed E-state index contributed by atoms with van der Waals surface area (Å²) in [7, 11) is 1.56. The molecule has 3 aromatic rings. The van der Waals surface area contributed by atoms with E-state index < -0.39 is 0 Å². The number of benzene rings is 1. The third-order valence-corrected chi connectivity index (χ3v) is 4.25. The summed E-state index contributed by atoms with van der Waals surface area (Å²) in [5.41, 5.74) is 1.52. The monoisotopic (exact) mass is 328 g/mol. The topological polar surface area (TPSA) is 79.9 Å². The maximum Gasteiger partial charge on any atom is 0.269 e. The molecule has 0 fully saturated rings. The van der Waals surface area contributed by atoms with Crippen molar-refractivity contribution in [3.63, 3.8) is 0 Å². The van der Waals surface area contributed by atoms with Crippen LogP contribution in [0.3, 0.4) is 0 Å². The van der Waals surface area contributed by atoms with E-state index in [9.17, 15) is 4.79 Å². The molecule has 118 valence electrons. The van der Waals surface area contributed by atoms with Gasteiger partial charge >= 0.3 is 0 Å². The Morgan fingerprint density at radius 3 is 2.83 bits per heavy atom. The zero-order chi connectivity index (χ0) is 16.4. The van der Waals surface area contributed by atoms with Crippen LogP contribution in [0, 0.1) is 13.8 Å². The Labute approximate surface area is 137 Å². The molecular weight excluding hydrogens is 312 g/mol. The maximum atomic E-state index is 12.4. The highest BCUT2D eigenvalue weighted by Crippen LogP contribution is 2.29. The Kier molecular flexibility index (Phi) is 4.12. The SMILES string of the molecule is COc1cc(C)sc1C(=O)Nc1cccc(-c2n[nH]c(C)n2)c1. The molecule has 7 heteroatoms. The third-order valence-electron chi connectivity index (χ3n) is 3.22. The first kappa shape index (κ1) is 15.2. The van der Waals surface area contributed by atoms with Crippen LogP contribution < -0.4 is 10.1 Å². The molecule has 0 saturated carbocycles. The zero-order valence-corrected chi connectivity index (χ0v) is 13.8. The molecule has 1 amide bonds. The van der Waals surface area contributed by atoms with Crippen molar-refractivity contribution in [3.05, 3.63) is 45.9 Å². The van der Waals surface area contributed by atoms with Gasteiger partial charge in [-0.2, -0.15) is 5.10 Å². The maximum absolute atomic E-state index is 12.4. The summed E-state index contributed by atoms with van der Waals surface area (Å²) in [5, 5.41) is 9.83. The van der Waals surface area contributed by atoms with Crippen LogP contribution in [-0.2, 0) is 0 Å². The van der Waals surface area contributed by atoms with Crippen molar-refractivity contribution in [2.24, 2.45) is 0 Å². The first-order valence-electron chi connectivity index (χ1n) is 7.02. The fourth-order valence-electron chi connectivity index (χ4n) is 2.20. The van der Waals surface area contributed by atoms with Gasteiger partial charge in [-0.25, -0.2) is 4.98 Å². The van der Waals surface area contributed by atoms with Crippen molar-refractivity contribution in [3.8, 4) is 17.1 Å². The lowest BCUT2D eigenvalue weighted by atomic mass is 10.2. The number of nitrogens with zero attached hydrogens (tertiary/aromatic N) is 2. The molecule has 0 atom stereocenters. The highest BCUT2D eigenvalue weighted by molar-refractivity contribution is 7.14. The molecule has 2 N–H and O–H groups in total. The fraction of sp³-hybridized carbons (Fsp3) is 0.188. The average Bonchev–Trinajstić information content (AvgIpc) is 3.13. The molecule has 0 radical (unpaired) electrons. The zero-order valence-electron chi connectivity index (χ0n) is 13.0. The van der Waals surface area contributed by atoms with Gasteiger partial charge in [-0.1, -0.05) is 12.1 Å². The Hall–Kier alpha value is -2.67. The number of rotatable bonds is 4. The van der Waals surface area contributed by atoms with Crippen LogP contribution in [-0.4, -0.2) is 28.2 Å². The molecule has 0 aliphatic rings. The van der Waals surface area contributed by atoms with E-state index in [1.54, 1.807) is 7.11 Å². The van der Waals surface area contributed by atoms with Crippen LogP contribution in [0.15, 0.2) is 30.3 Å². The molecule has 6 nitrogen and oxygen atoms in total. The number of amides is 1. The summed E-state index contributed by atoms with van der Waals surface area (Å²) < 4.78 is 5.25.